The van der Waals surface area contributed by atoms with Crippen molar-refractivity contribution >= 4 is 39.2 Å². The third kappa shape index (κ3) is 2.39. The quantitative estimate of drug-likeness (QED) is 0.926. The zero-order chi connectivity index (χ0) is 11.5. The molecule has 5 heteroatoms. The summed E-state index contributed by atoms with van der Waals surface area (Å²) < 4.78 is 2.91. The smallest absolute Gasteiger partial charge is 0.207 e. The van der Waals surface area contributed by atoms with Crippen molar-refractivity contribution in [1.29, 1.82) is 0 Å². The van der Waals surface area contributed by atoms with Gasteiger partial charge in [0.15, 0.2) is 0 Å². The van der Waals surface area contributed by atoms with Crippen LogP contribution >= 0.6 is 27.5 Å². The van der Waals surface area contributed by atoms with E-state index in [2.05, 4.69) is 33.2 Å². The molecule has 0 atom stereocenters. The second kappa shape index (κ2) is 4.89. The lowest BCUT2D eigenvalue weighted by atomic mass is 10.3. The number of imidazole rings is 1. The maximum absolute atomic E-state index is 6.01. The van der Waals surface area contributed by atoms with Crippen LogP contribution in [0.3, 0.4) is 0 Å². The van der Waals surface area contributed by atoms with E-state index in [-0.39, 0.29) is 0 Å². The van der Waals surface area contributed by atoms with E-state index in [4.69, 9.17) is 11.6 Å². The zero-order valence-corrected chi connectivity index (χ0v) is 11.1. The van der Waals surface area contributed by atoms with Gasteiger partial charge in [0.2, 0.25) is 5.95 Å². The summed E-state index contributed by atoms with van der Waals surface area (Å²) in [5.41, 5.74) is 0.925. The van der Waals surface area contributed by atoms with Crippen LogP contribution in [0.2, 0.25) is 5.02 Å². The van der Waals surface area contributed by atoms with E-state index >= 15 is 0 Å². The van der Waals surface area contributed by atoms with Crippen LogP contribution in [-0.2, 0) is 6.54 Å². The van der Waals surface area contributed by atoms with Crippen LogP contribution in [0.5, 0.6) is 0 Å². The maximum atomic E-state index is 6.01. The lowest BCUT2D eigenvalue weighted by molar-refractivity contribution is 0.772. The Hall–Kier alpha value is -1.000. The topological polar surface area (TPSA) is 29.9 Å². The number of aromatic nitrogens is 2. The fraction of sp³-hybridized carbons (Fsp3) is 0.182. The molecule has 0 spiro atoms. The monoisotopic (exact) mass is 299 g/mol. The predicted octanol–water partition coefficient (Wildman–Crippen LogP) is 4.06. The van der Waals surface area contributed by atoms with Crippen molar-refractivity contribution in [3.63, 3.8) is 0 Å². The Bertz CT molecular complexity index is 496. The van der Waals surface area contributed by atoms with Crippen LogP contribution in [-0.4, -0.2) is 9.55 Å². The Morgan fingerprint density at radius 3 is 3.00 bits per heavy atom. The molecule has 0 aliphatic carbocycles. The molecule has 2 aromatic rings. The molecule has 16 heavy (non-hydrogen) atoms. The average molecular weight is 301 g/mol. The first-order valence-corrected chi connectivity index (χ1v) is 6.11. The number of benzene rings is 1. The van der Waals surface area contributed by atoms with Crippen LogP contribution in [0.4, 0.5) is 11.6 Å². The summed E-state index contributed by atoms with van der Waals surface area (Å²) in [6.45, 7) is 2.95. The Balaban J connectivity index is 2.24. The Kier molecular flexibility index (Phi) is 3.51. The standard InChI is InChI=1S/C11H11BrClN3/c1-2-16-6-5-14-11(16)15-8-3-4-9(12)10(13)7-8/h3-7H,2H2,1H3,(H,14,15). The minimum atomic E-state index is 0.680. The molecule has 1 aromatic carbocycles. The number of rotatable bonds is 3. The minimum absolute atomic E-state index is 0.680. The van der Waals surface area contributed by atoms with Crippen molar-refractivity contribution in [2.75, 3.05) is 5.32 Å². The van der Waals surface area contributed by atoms with Crippen LogP contribution in [0.1, 0.15) is 6.92 Å². The van der Waals surface area contributed by atoms with E-state index in [0.717, 1.165) is 22.7 Å². The zero-order valence-electron chi connectivity index (χ0n) is 8.74. The molecule has 0 amide bonds. The molecule has 0 saturated heterocycles. The fourth-order valence-corrected chi connectivity index (χ4v) is 1.82. The predicted molar refractivity (Wildman–Crippen MR) is 70.3 cm³/mol. The first-order valence-electron chi connectivity index (χ1n) is 4.94. The Labute approximate surface area is 108 Å². The third-order valence-corrected chi connectivity index (χ3v) is 3.46. The SMILES string of the molecule is CCn1ccnc1Nc1ccc(Br)c(Cl)c1. The van der Waals surface area contributed by atoms with Crippen LogP contribution in [0, 0.1) is 0 Å². The molecule has 0 fully saturated rings. The van der Waals surface area contributed by atoms with Crippen LogP contribution in [0.15, 0.2) is 35.1 Å². The van der Waals surface area contributed by atoms with Gasteiger partial charge >= 0.3 is 0 Å². The second-order valence-corrected chi connectivity index (χ2v) is 4.55. The normalized spacial score (nSPS) is 10.4. The van der Waals surface area contributed by atoms with E-state index in [0.29, 0.717) is 5.02 Å². The van der Waals surface area contributed by atoms with Gasteiger partial charge in [-0.05, 0) is 41.1 Å². The van der Waals surface area contributed by atoms with Crippen molar-refractivity contribution in [3.05, 3.63) is 40.1 Å². The van der Waals surface area contributed by atoms with Gasteiger partial charge in [-0.25, -0.2) is 4.98 Å². The molecular weight excluding hydrogens is 289 g/mol. The third-order valence-electron chi connectivity index (χ3n) is 2.23. The van der Waals surface area contributed by atoms with E-state index < -0.39 is 0 Å². The molecule has 0 aliphatic heterocycles. The molecule has 0 saturated carbocycles. The number of anilines is 2. The van der Waals surface area contributed by atoms with E-state index in [1.165, 1.54) is 0 Å². The first-order chi connectivity index (χ1) is 7.70. The summed E-state index contributed by atoms with van der Waals surface area (Å²) >= 11 is 9.37. The summed E-state index contributed by atoms with van der Waals surface area (Å²) in [5.74, 6) is 0.820. The molecule has 1 N–H and O–H groups in total. The summed E-state index contributed by atoms with van der Waals surface area (Å²) in [6.07, 6.45) is 3.70. The molecule has 0 bridgehead atoms. The molecule has 0 unspecified atom stereocenters. The van der Waals surface area contributed by atoms with Gasteiger partial charge in [0, 0.05) is 29.1 Å². The molecule has 2 rings (SSSR count). The number of nitrogens with one attached hydrogen (secondary N) is 1. The summed E-state index contributed by atoms with van der Waals surface area (Å²) in [5, 5.41) is 3.90. The lowest BCUT2D eigenvalue weighted by Crippen LogP contribution is -2.01. The number of hydrogen-bond donors (Lipinski definition) is 1. The molecule has 1 heterocycles. The summed E-state index contributed by atoms with van der Waals surface area (Å²) in [6, 6.07) is 5.72. The van der Waals surface area contributed by atoms with Crippen molar-refractivity contribution in [2.45, 2.75) is 13.5 Å². The van der Waals surface area contributed by atoms with Gasteiger partial charge in [-0.3, -0.25) is 0 Å². The van der Waals surface area contributed by atoms with Crippen LogP contribution < -0.4 is 5.32 Å². The van der Waals surface area contributed by atoms with E-state index in [9.17, 15) is 0 Å². The van der Waals surface area contributed by atoms with Crippen molar-refractivity contribution in [1.82, 2.24) is 9.55 Å². The van der Waals surface area contributed by atoms with Gasteiger partial charge in [-0.15, -0.1) is 0 Å². The van der Waals surface area contributed by atoms with Crippen molar-refractivity contribution < 1.29 is 0 Å². The largest absolute Gasteiger partial charge is 0.326 e. The molecular formula is C11H11BrClN3. The molecule has 1 aromatic heterocycles. The van der Waals surface area contributed by atoms with Gasteiger partial charge in [-0.1, -0.05) is 11.6 Å². The average Bonchev–Trinajstić information content (AvgIpc) is 2.71. The molecule has 3 nitrogen and oxygen atoms in total. The van der Waals surface area contributed by atoms with Gasteiger partial charge in [0.05, 0.1) is 5.02 Å². The van der Waals surface area contributed by atoms with Crippen LogP contribution in [0.25, 0.3) is 0 Å². The fourth-order valence-electron chi connectivity index (χ4n) is 1.39. The van der Waals surface area contributed by atoms with Gasteiger partial charge < -0.3 is 9.88 Å². The number of halogens is 2. The van der Waals surface area contributed by atoms with Gasteiger partial charge in [-0.2, -0.15) is 0 Å². The molecule has 84 valence electrons. The maximum Gasteiger partial charge on any atom is 0.207 e. The highest BCUT2D eigenvalue weighted by Gasteiger charge is 2.03. The number of aryl methyl sites for hydroxylation is 1. The van der Waals surface area contributed by atoms with Gasteiger partial charge in [0.1, 0.15) is 0 Å². The first kappa shape index (κ1) is 11.5. The Morgan fingerprint density at radius 1 is 1.50 bits per heavy atom. The van der Waals surface area contributed by atoms with E-state index in [1.54, 1.807) is 6.20 Å². The van der Waals surface area contributed by atoms with Gasteiger partial charge in [0.25, 0.3) is 0 Å². The highest BCUT2D eigenvalue weighted by molar-refractivity contribution is 9.10. The lowest BCUT2D eigenvalue weighted by Gasteiger charge is -2.08. The highest BCUT2D eigenvalue weighted by Crippen LogP contribution is 2.26. The number of nitrogens with zero attached hydrogens (tertiary/aromatic N) is 2. The van der Waals surface area contributed by atoms with Crippen molar-refractivity contribution in [2.24, 2.45) is 0 Å². The molecule has 0 aliphatic rings. The van der Waals surface area contributed by atoms with E-state index in [1.807, 2.05) is 29.0 Å². The Morgan fingerprint density at radius 2 is 2.31 bits per heavy atom. The highest BCUT2D eigenvalue weighted by atomic mass is 79.9. The summed E-state index contributed by atoms with van der Waals surface area (Å²) in [7, 11) is 0. The molecule has 0 radical (unpaired) electrons. The second-order valence-electron chi connectivity index (χ2n) is 3.29. The minimum Gasteiger partial charge on any atom is -0.326 e. The summed E-state index contributed by atoms with van der Waals surface area (Å²) in [4.78, 5) is 4.23. The number of hydrogen-bond acceptors (Lipinski definition) is 2. The van der Waals surface area contributed by atoms with Crippen molar-refractivity contribution in [3.8, 4) is 0 Å².